The second-order valence-electron chi connectivity index (χ2n) is 7.81. The molecule has 1 heterocycles. The van der Waals surface area contributed by atoms with Crippen LogP contribution < -0.4 is 15.4 Å². The molecule has 0 spiro atoms. The Morgan fingerprint density at radius 3 is 2.64 bits per heavy atom. The van der Waals surface area contributed by atoms with Crippen molar-refractivity contribution in [2.75, 3.05) is 40.4 Å². The molecule has 1 saturated carbocycles. The summed E-state index contributed by atoms with van der Waals surface area (Å²) in [4.78, 5) is 6.95. The number of hydrogen-bond acceptors (Lipinski definition) is 4. The number of piperidine rings is 1. The molecule has 0 aromatic heterocycles. The summed E-state index contributed by atoms with van der Waals surface area (Å²) >= 11 is 0. The topological polar surface area (TPSA) is 58.1 Å². The van der Waals surface area contributed by atoms with E-state index in [2.05, 4.69) is 38.7 Å². The fourth-order valence-corrected chi connectivity index (χ4v) is 3.73. The number of hydrogen-bond donors (Lipinski definition) is 2. The Morgan fingerprint density at radius 2 is 1.96 bits per heavy atom. The highest BCUT2D eigenvalue weighted by Gasteiger charge is 2.21. The largest absolute Gasteiger partial charge is 0.490 e. The number of guanidine groups is 1. The van der Waals surface area contributed by atoms with Crippen molar-refractivity contribution < 1.29 is 9.47 Å². The Balaban J connectivity index is 1.42. The fraction of sp³-hybridized carbons (Fsp3) is 0.682. The highest BCUT2D eigenvalue weighted by atomic mass is 16.5. The van der Waals surface area contributed by atoms with Crippen LogP contribution in [0.2, 0.25) is 0 Å². The third-order valence-corrected chi connectivity index (χ3v) is 5.74. The molecular weight excluding hydrogens is 352 g/mol. The van der Waals surface area contributed by atoms with Crippen LogP contribution in [0.5, 0.6) is 5.75 Å². The molecule has 2 N–H and O–H groups in total. The van der Waals surface area contributed by atoms with Crippen LogP contribution in [0.15, 0.2) is 29.3 Å². The maximum absolute atomic E-state index is 6.13. The summed E-state index contributed by atoms with van der Waals surface area (Å²) in [6.07, 6.45) is 7.44. The number of likely N-dealkylation sites (tertiary alicyclic amines) is 1. The van der Waals surface area contributed by atoms with Crippen LogP contribution in [0.25, 0.3) is 0 Å². The summed E-state index contributed by atoms with van der Waals surface area (Å²) in [5.74, 6) is 1.87. The van der Waals surface area contributed by atoms with Crippen molar-refractivity contribution in [3.8, 4) is 5.75 Å². The number of rotatable bonds is 9. The predicted octanol–water partition coefficient (Wildman–Crippen LogP) is 2.78. The lowest BCUT2D eigenvalue weighted by atomic mass is 9.96. The minimum atomic E-state index is 0.396. The highest BCUT2D eigenvalue weighted by Crippen LogP contribution is 2.27. The third-order valence-electron chi connectivity index (χ3n) is 5.74. The van der Waals surface area contributed by atoms with E-state index in [4.69, 9.17) is 9.47 Å². The van der Waals surface area contributed by atoms with Crippen molar-refractivity contribution in [3.05, 3.63) is 29.8 Å². The van der Waals surface area contributed by atoms with E-state index in [1.165, 1.54) is 24.8 Å². The molecule has 1 aliphatic carbocycles. The van der Waals surface area contributed by atoms with E-state index in [1.54, 1.807) is 7.11 Å². The average molecular weight is 389 g/mol. The number of benzene rings is 1. The van der Waals surface area contributed by atoms with Crippen LogP contribution in [0, 0.1) is 0 Å². The first-order valence-electron chi connectivity index (χ1n) is 10.7. The number of nitrogens with zero attached hydrogens (tertiary/aromatic N) is 2. The molecule has 0 radical (unpaired) electrons. The molecule has 2 fully saturated rings. The first-order valence-corrected chi connectivity index (χ1v) is 10.7. The van der Waals surface area contributed by atoms with Crippen molar-refractivity contribution in [1.82, 2.24) is 15.5 Å². The zero-order chi connectivity index (χ0) is 19.6. The molecule has 0 atom stereocenters. The van der Waals surface area contributed by atoms with E-state index in [9.17, 15) is 0 Å². The summed E-state index contributed by atoms with van der Waals surface area (Å²) < 4.78 is 11.3. The van der Waals surface area contributed by atoms with Crippen molar-refractivity contribution >= 4 is 5.96 Å². The molecule has 156 valence electrons. The minimum Gasteiger partial charge on any atom is -0.490 e. The van der Waals surface area contributed by atoms with Crippen LogP contribution >= 0.6 is 0 Å². The second kappa shape index (κ2) is 11.3. The van der Waals surface area contributed by atoms with Gasteiger partial charge in [-0.05, 0) is 44.6 Å². The van der Waals surface area contributed by atoms with Gasteiger partial charge in [0.2, 0.25) is 0 Å². The molecule has 6 heteroatoms. The van der Waals surface area contributed by atoms with E-state index in [0.717, 1.165) is 63.8 Å². The standard InChI is InChI=1S/C22H36N4O2/c1-23-22(25-19-11-14-26(15-12-19)13-6-16-27-2)24-17-18-7-3-4-10-21(18)28-20-8-5-9-20/h3-4,7,10,19-20H,5-6,8-9,11-17H2,1-2H3,(H2,23,24,25). The van der Waals surface area contributed by atoms with Crippen LogP contribution in [0.4, 0.5) is 0 Å². The lowest BCUT2D eigenvalue weighted by Crippen LogP contribution is -2.48. The van der Waals surface area contributed by atoms with Crippen molar-refractivity contribution in [1.29, 1.82) is 0 Å². The average Bonchev–Trinajstić information content (AvgIpc) is 2.70. The fourth-order valence-electron chi connectivity index (χ4n) is 3.73. The molecule has 1 aromatic carbocycles. The Bertz CT molecular complexity index is 610. The van der Waals surface area contributed by atoms with Gasteiger partial charge in [-0.15, -0.1) is 0 Å². The molecule has 28 heavy (non-hydrogen) atoms. The Hall–Kier alpha value is -1.79. The van der Waals surface area contributed by atoms with Gasteiger partial charge in [0.25, 0.3) is 0 Å². The number of methoxy groups -OCH3 is 1. The van der Waals surface area contributed by atoms with E-state index in [0.29, 0.717) is 12.1 Å². The molecule has 1 aliphatic heterocycles. The third kappa shape index (κ3) is 6.38. The van der Waals surface area contributed by atoms with Crippen molar-refractivity contribution in [2.24, 2.45) is 4.99 Å². The van der Waals surface area contributed by atoms with E-state index in [-0.39, 0.29) is 0 Å². The van der Waals surface area contributed by atoms with Gasteiger partial charge in [-0.1, -0.05) is 18.2 Å². The van der Waals surface area contributed by atoms with Gasteiger partial charge in [0.15, 0.2) is 5.96 Å². The first kappa shape index (κ1) is 20.9. The van der Waals surface area contributed by atoms with Gasteiger partial charge >= 0.3 is 0 Å². The quantitative estimate of drug-likeness (QED) is 0.387. The Kier molecular flexibility index (Phi) is 8.42. The molecule has 3 rings (SSSR count). The van der Waals surface area contributed by atoms with Crippen molar-refractivity contribution in [2.45, 2.75) is 57.2 Å². The van der Waals surface area contributed by atoms with Crippen LogP contribution in [0.3, 0.4) is 0 Å². The SMILES string of the molecule is CN=C(NCc1ccccc1OC1CCC1)NC1CCN(CCCOC)CC1. The van der Waals surface area contributed by atoms with E-state index in [1.807, 2.05) is 13.1 Å². The van der Waals surface area contributed by atoms with Gasteiger partial charge < -0.3 is 25.0 Å². The minimum absolute atomic E-state index is 0.396. The first-order chi connectivity index (χ1) is 13.8. The Morgan fingerprint density at radius 1 is 1.18 bits per heavy atom. The lowest BCUT2D eigenvalue weighted by Gasteiger charge is -2.33. The van der Waals surface area contributed by atoms with E-state index < -0.39 is 0 Å². The van der Waals surface area contributed by atoms with Gasteiger partial charge in [0.05, 0.1) is 6.10 Å². The Labute approximate surface area is 169 Å². The van der Waals surface area contributed by atoms with E-state index >= 15 is 0 Å². The summed E-state index contributed by atoms with van der Waals surface area (Å²) in [6, 6.07) is 8.80. The highest BCUT2D eigenvalue weighted by molar-refractivity contribution is 5.80. The van der Waals surface area contributed by atoms with Gasteiger partial charge in [-0.25, -0.2) is 0 Å². The zero-order valence-corrected chi connectivity index (χ0v) is 17.5. The number of ether oxygens (including phenoxy) is 2. The van der Waals surface area contributed by atoms with Crippen LogP contribution in [-0.2, 0) is 11.3 Å². The smallest absolute Gasteiger partial charge is 0.191 e. The summed E-state index contributed by atoms with van der Waals surface area (Å²) in [7, 11) is 3.61. The molecular formula is C22H36N4O2. The maximum atomic E-state index is 6.13. The van der Waals surface area contributed by atoms with Crippen molar-refractivity contribution in [3.63, 3.8) is 0 Å². The van der Waals surface area contributed by atoms with Gasteiger partial charge in [-0.3, -0.25) is 4.99 Å². The molecule has 0 bridgehead atoms. The lowest BCUT2D eigenvalue weighted by molar-refractivity contribution is 0.119. The molecule has 6 nitrogen and oxygen atoms in total. The molecule has 1 saturated heterocycles. The summed E-state index contributed by atoms with van der Waals surface area (Å²) in [5.41, 5.74) is 1.19. The monoisotopic (exact) mass is 388 g/mol. The van der Waals surface area contributed by atoms with Crippen LogP contribution in [-0.4, -0.2) is 63.4 Å². The number of para-hydroxylation sites is 1. The summed E-state index contributed by atoms with van der Waals surface area (Å²) in [5, 5.41) is 7.06. The second-order valence-corrected chi connectivity index (χ2v) is 7.81. The van der Waals surface area contributed by atoms with Gasteiger partial charge in [0.1, 0.15) is 5.75 Å². The molecule has 0 unspecified atom stereocenters. The normalized spacial score (nSPS) is 19.3. The predicted molar refractivity (Wildman–Crippen MR) is 114 cm³/mol. The van der Waals surface area contributed by atoms with Gasteiger partial charge in [0, 0.05) is 58.5 Å². The number of aliphatic imine (C=N–C) groups is 1. The maximum Gasteiger partial charge on any atom is 0.191 e. The molecule has 1 aromatic rings. The van der Waals surface area contributed by atoms with Crippen LogP contribution in [0.1, 0.15) is 44.1 Å². The number of nitrogens with one attached hydrogen (secondary N) is 2. The molecule has 0 amide bonds. The zero-order valence-electron chi connectivity index (χ0n) is 17.5. The van der Waals surface area contributed by atoms with Gasteiger partial charge in [-0.2, -0.15) is 0 Å². The molecule has 2 aliphatic rings. The summed E-state index contributed by atoms with van der Waals surface area (Å²) in [6.45, 7) is 4.97.